The molecule has 0 saturated carbocycles. The van der Waals surface area contributed by atoms with Gasteiger partial charge in [-0.2, -0.15) is 0 Å². The van der Waals surface area contributed by atoms with Gasteiger partial charge in [-0.25, -0.2) is 0 Å². The lowest BCUT2D eigenvalue weighted by molar-refractivity contribution is -0.138. The number of nitrogens with zero attached hydrogens (tertiary/aromatic N) is 1. The molecule has 1 amide bonds. The lowest BCUT2D eigenvalue weighted by Gasteiger charge is -2.32. The normalized spacial score (nSPS) is 17.9. The number of carbonyl (C=O) groups excluding carboxylic acids is 2. The molecule has 1 atom stereocenters. The van der Waals surface area contributed by atoms with Crippen molar-refractivity contribution in [1.82, 2.24) is 4.90 Å². The molecule has 0 unspecified atom stereocenters. The summed E-state index contributed by atoms with van der Waals surface area (Å²) < 4.78 is 4.57. The van der Waals surface area contributed by atoms with Gasteiger partial charge in [-0.05, 0) is 37.0 Å². The van der Waals surface area contributed by atoms with Crippen molar-refractivity contribution >= 4 is 17.6 Å². The van der Waals surface area contributed by atoms with Crippen molar-refractivity contribution in [3.63, 3.8) is 0 Å². The first-order valence-electron chi connectivity index (χ1n) is 7.45. The molecule has 0 spiro atoms. The van der Waals surface area contributed by atoms with Crippen molar-refractivity contribution in [1.29, 1.82) is 0 Å². The van der Waals surface area contributed by atoms with Gasteiger partial charge in [0, 0.05) is 30.9 Å². The van der Waals surface area contributed by atoms with Crippen LogP contribution >= 0.6 is 0 Å². The average molecular weight is 306 g/mol. The van der Waals surface area contributed by atoms with E-state index < -0.39 is 0 Å². The molecular weight excluding hydrogens is 284 g/mol. The number of anilines is 1. The Balaban J connectivity index is 2.01. The van der Waals surface area contributed by atoms with E-state index in [1.807, 2.05) is 0 Å². The molecule has 1 aromatic rings. The Hall–Kier alpha value is -2.08. The summed E-state index contributed by atoms with van der Waals surface area (Å²) in [6.07, 6.45) is 1.87. The van der Waals surface area contributed by atoms with Crippen molar-refractivity contribution in [2.75, 3.05) is 38.7 Å². The molecule has 1 fully saturated rings. The number of aliphatic hydroxyl groups is 1. The monoisotopic (exact) mass is 306 g/mol. The molecular formula is C16H22N2O4. The van der Waals surface area contributed by atoms with Crippen molar-refractivity contribution in [3.8, 4) is 0 Å². The number of hydrogen-bond acceptors (Lipinski definition) is 5. The highest BCUT2D eigenvalue weighted by atomic mass is 16.5. The summed E-state index contributed by atoms with van der Waals surface area (Å²) in [7, 11) is 1.33. The Bertz CT molecular complexity index is 533. The Morgan fingerprint density at radius 2 is 2.27 bits per heavy atom. The smallest absolute Gasteiger partial charge is 0.325 e. The maximum Gasteiger partial charge on any atom is 0.325 e. The Morgan fingerprint density at radius 3 is 3.00 bits per heavy atom. The first-order valence-corrected chi connectivity index (χ1v) is 7.45. The van der Waals surface area contributed by atoms with E-state index in [1.165, 1.54) is 7.11 Å². The predicted octanol–water partition coefficient (Wildman–Crippen LogP) is 1.12. The molecule has 1 aliphatic rings. The molecule has 1 aromatic carbocycles. The Labute approximate surface area is 130 Å². The first-order chi connectivity index (χ1) is 10.6. The van der Waals surface area contributed by atoms with Crippen LogP contribution in [0.1, 0.15) is 23.2 Å². The van der Waals surface area contributed by atoms with Crippen LogP contribution in [0.15, 0.2) is 24.3 Å². The van der Waals surface area contributed by atoms with Crippen molar-refractivity contribution in [2.45, 2.75) is 12.8 Å². The highest BCUT2D eigenvalue weighted by molar-refractivity contribution is 5.95. The number of amides is 1. The van der Waals surface area contributed by atoms with E-state index in [4.69, 9.17) is 0 Å². The van der Waals surface area contributed by atoms with Crippen LogP contribution in [0.3, 0.4) is 0 Å². The Kier molecular flexibility index (Phi) is 5.77. The summed E-state index contributed by atoms with van der Waals surface area (Å²) >= 11 is 0. The van der Waals surface area contributed by atoms with E-state index in [2.05, 4.69) is 10.1 Å². The van der Waals surface area contributed by atoms with Gasteiger partial charge < -0.3 is 20.1 Å². The molecule has 1 heterocycles. The quantitative estimate of drug-likeness (QED) is 0.797. The predicted molar refractivity (Wildman–Crippen MR) is 82.7 cm³/mol. The molecule has 0 aliphatic carbocycles. The second-order valence-corrected chi connectivity index (χ2v) is 5.45. The van der Waals surface area contributed by atoms with Crippen LogP contribution < -0.4 is 5.32 Å². The number of aliphatic hydroxyl groups excluding tert-OH is 1. The molecule has 6 nitrogen and oxygen atoms in total. The summed E-state index contributed by atoms with van der Waals surface area (Å²) in [4.78, 5) is 25.5. The molecule has 0 radical (unpaired) electrons. The van der Waals surface area contributed by atoms with Crippen LogP contribution in [0.5, 0.6) is 0 Å². The third-order valence-corrected chi connectivity index (χ3v) is 3.84. The minimum absolute atomic E-state index is 0.0418. The van der Waals surface area contributed by atoms with E-state index in [0.717, 1.165) is 19.4 Å². The van der Waals surface area contributed by atoms with E-state index >= 15 is 0 Å². The fourth-order valence-electron chi connectivity index (χ4n) is 2.59. The third-order valence-electron chi connectivity index (χ3n) is 3.84. The second kappa shape index (κ2) is 7.79. The minimum atomic E-state index is -0.362. The highest BCUT2D eigenvalue weighted by Gasteiger charge is 2.24. The van der Waals surface area contributed by atoms with Gasteiger partial charge >= 0.3 is 5.97 Å². The van der Waals surface area contributed by atoms with Crippen LogP contribution in [0.4, 0.5) is 5.69 Å². The standard InChI is InChI=1S/C16H22N2O4/c1-22-15(20)9-17-14-6-2-5-13(8-14)16(21)18-7-3-4-12(10-18)11-19/h2,5-6,8,12,17,19H,3-4,7,9-11H2,1H3/t12-/m1/s1. The van der Waals surface area contributed by atoms with Gasteiger partial charge in [0.25, 0.3) is 5.91 Å². The number of carbonyl (C=O) groups is 2. The number of benzene rings is 1. The van der Waals surface area contributed by atoms with Crippen LogP contribution in [0.2, 0.25) is 0 Å². The summed E-state index contributed by atoms with van der Waals surface area (Å²) in [5.74, 6) is -0.239. The van der Waals surface area contributed by atoms with E-state index in [-0.39, 0.29) is 30.9 Å². The summed E-state index contributed by atoms with van der Waals surface area (Å²) in [6, 6.07) is 7.06. The number of ether oxygens (including phenoxy) is 1. The van der Waals surface area contributed by atoms with Gasteiger partial charge in [-0.3, -0.25) is 9.59 Å². The van der Waals surface area contributed by atoms with Crippen molar-refractivity contribution in [3.05, 3.63) is 29.8 Å². The first kappa shape index (κ1) is 16.3. The number of methoxy groups -OCH3 is 1. The van der Waals surface area contributed by atoms with Crippen LogP contribution in [-0.2, 0) is 9.53 Å². The summed E-state index contributed by atoms with van der Waals surface area (Å²) in [5, 5.41) is 12.2. The topological polar surface area (TPSA) is 78.9 Å². The van der Waals surface area contributed by atoms with Crippen molar-refractivity contribution < 1.29 is 19.4 Å². The number of likely N-dealkylation sites (tertiary alicyclic amines) is 1. The lowest BCUT2D eigenvalue weighted by atomic mass is 9.98. The van der Waals surface area contributed by atoms with Crippen molar-refractivity contribution in [2.24, 2.45) is 5.92 Å². The minimum Gasteiger partial charge on any atom is -0.468 e. The van der Waals surface area contributed by atoms with Gasteiger partial charge in [0.1, 0.15) is 6.54 Å². The van der Waals surface area contributed by atoms with E-state index in [0.29, 0.717) is 17.8 Å². The van der Waals surface area contributed by atoms with Crippen LogP contribution in [0.25, 0.3) is 0 Å². The van der Waals surface area contributed by atoms with Gasteiger partial charge in [-0.15, -0.1) is 0 Å². The second-order valence-electron chi connectivity index (χ2n) is 5.45. The zero-order valence-corrected chi connectivity index (χ0v) is 12.7. The van der Waals surface area contributed by atoms with E-state index in [9.17, 15) is 14.7 Å². The van der Waals surface area contributed by atoms with Crippen LogP contribution in [0, 0.1) is 5.92 Å². The zero-order valence-electron chi connectivity index (χ0n) is 12.7. The SMILES string of the molecule is COC(=O)CNc1cccc(C(=O)N2CCC[C@@H](CO)C2)c1. The Morgan fingerprint density at radius 1 is 1.45 bits per heavy atom. The van der Waals surface area contributed by atoms with Crippen LogP contribution in [-0.4, -0.2) is 55.2 Å². The van der Waals surface area contributed by atoms with Gasteiger partial charge in [0.2, 0.25) is 0 Å². The number of rotatable bonds is 5. The number of hydrogen-bond donors (Lipinski definition) is 2. The molecule has 6 heteroatoms. The molecule has 1 saturated heterocycles. The number of nitrogens with one attached hydrogen (secondary N) is 1. The fraction of sp³-hybridized carbons (Fsp3) is 0.500. The maximum absolute atomic E-state index is 12.5. The molecule has 22 heavy (non-hydrogen) atoms. The highest BCUT2D eigenvalue weighted by Crippen LogP contribution is 2.19. The number of esters is 1. The largest absolute Gasteiger partial charge is 0.468 e. The fourth-order valence-corrected chi connectivity index (χ4v) is 2.59. The zero-order chi connectivity index (χ0) is 15.9. The van der Waals surface area contributed by atoms with Gasteiger partial charge in [0.05, 0.1) is 7.11 Å². The lowest BCUT2D eigenvalue weighted by Crippen LogP contribution is -2.40. The van der Waals surface area contributed by atoms with Gasteiger partial charge in [-0.1, -0.05) is 6.07 Å². The van der Waals surface area contributed by atoms with E-state index in [1.54, 1.807) is 29.2 Å². The average Bonchev–Trinajstić information content (AvgIpc) is 2.59. The third kappa shape index (κ3) is 4.21. The maximum atomic E-state index is 12.5. The van der Waals surface area contributed by atoms with Gasteiger partial charge in [0.15, 0.2) is 0 Å². The molecule has 2 rings (SSSR count). The molecule has 1 aliphatic heterocycles. The molecule has 0 bridgehead atoms. The number of piperidine rings is 1. The summed E-state index contributed by atoms with van der Waals surface area (Å²) in [6.45, 7) is 1.49. The molecule has 120 valence electrons. The molecule has 0 aromatic heterocycles. The summed E-state index contributed by atoms with van der Waals surface area (Å²) in [5.41, 5.74) is 1.28. The molecule has 2 N–H and O–H groups in total.